The van der Waals surface area contributed by atoms with Gasteiger partial charge in [-0.25, -0.2) is 0 Å². The maximum absolute atomic E-state index is 11.6. The summed E-state index contributed by atoms with van der Waals surface area (Å²) in [5.74, 6) is 10.1. The van der Waals surface area contributed by atoms with Gasteiger partial charge in [0.1, 0.15) is 0 Å². The fourth-order valence-corrected chi connectivity index (χ4v) is 1.68. The van der Waals surface area contributed by atoms with Crippen LogP contribution >= 0.6 is 0 Å². The molecule has 0 fully saturated rings. The fraction of sp³-hybridized carbons (Fsp3) is 0.100. The maximum Gasteiger partial charge on any atom is 0.206 e. The van der Waals surface area contributed by atoms with Crippen molar-refractivity contribution in [2.24, 2.45) is 0 Å². The summed E-state index contributed by atoms with van der Waals surface area (Å²) < 4.78 is 0. The van der Waals surface area contributed by atoms with Crippen molar-refractivity contribution in [3.05, 3.63) is 71.8 Å². The van der Waals surface area contributed by atoms with Crippen molar-refractivity contribution >= 4 is 11.6 Å². The lowest BCUT2D eigenvalue weighted by molar-refractivity contribution is -0.118. The lowest BCUT2D eigenvalue weighted by Crippen LogP contribution is -2.00. The molecule has 0 aliphatic heterocycles. The second-order valence-corrected chi connectivity index (χ2v) is 4.58. The topological polar surface area (TPSA) is 34.1 Å². The Hall–Kier alpha value is -3.10. The molecule has 2 rings (SSSR count). The number of hydrogen-bond donors (Lipinski definition) is 0. The van der Waals surface area contributed by atoms with Gasteiger partial charge in [-0.1, -0.05) is 48.2 Å². The van der Waals surface area contributed by atoms with Gasteiger partial charge in [-0.15, -0.1) is 0 Å². The zero-order valence-corrected chi connectivity index (χ0v) is 12.0. The Bertz CT molecular complexity index is 697. The van der Waals surface area contributed by atoms with Crippen LogP contribution in [0.3, 0.4) is 0 Å². The summed E-state index contributed by atoms with van der Waals surface area (Å²) in [6.45, 7) is 0. The summed E-state index contributed by atoms with van der Waals surface area (Å²) in [6.07, 6.45) is 0.199. The minimum atomic E-state index is -0.251. The van der Waals surface area contributed by atoms with E-state index in [4.69, 9.17) is 0 Å². The minimum absolute atomic E-state index is 0.0993. The van der Waals surface area contributed by atoms with E-state index in [2.05, 4.69) is 23.7 Å². The highest BCUT2D eigenvalue weighted by Crippen LogP contribution is 1.98. The molecule has 0 spiro atoms. The van der Waals surface area contributed by atoms with Crippen LogP contribution in [-0.4, -0.2) is 11.6 Å². The molecule has 0 atom stereocenters. The Labute approximate surface area is 130 Å². The normalized spacial score (nSPS) is 8.91. The Balaban J connectivity index is 1.83. The Morgan fingerprint density at radius 2 is 1.00 bits per heavy atom. The molecule has 0 saturated carbocycles. The molecule has 0 amide bonds. The number of carbonyl (C=O) groups is 2. The molecule has 106 valence electrons. The zero-order valence-electron chi connectivity index (χ0n) is 12.0. The minimum Gasteiger partial charge on any atom is -0.285 e. The lowest BCUT2D eigenvalue weighted by Gasteiger charge is -1.90. The van der Waals surface area contributed by atoms with Crippen LogP contribution in [0.4, 0.5) is 0 Å². The molecule has 0 unspecified atom stereocenters. The smallest absolute Gasteiger partial charge is 0.206 e. The van der Waals surface area contributed by atoms with Crippen LogP contribution < -0.4 is 0 Å². The number of Topliss-reactive ketones (excluding diaryl/α,β-unsaturated/α-hetero) is 2. The number of ketones is 2. The van der Waals surface area contributed by atoms with Crippen molar-refractivity contribution in [3.8, 4) is 23.7 Å². The van der Waals surface area contributed by atoms with Gasteiger partial charge in [0.15, 0.2) is 0 Å². The van der Waals surface area contributed by atoms with Crippen molar-refractivity contribution in [1.29, 1.82) is 0 Å². The van der Waals surface area contributed by atoms with E-state index in [1.165, 1.54) is 0 Å². The van der Waals surface area contributed by atoms with Crippen LogP contribution in [0.15, 0.2) is 60.7 Å². The summed E-state index contributed by atoms with van der Waals surface area (Å²) in [5.41, 5.74) is 1.57. The molecule has 0 aromatic heterocycles. The monoisotopic (exact) mass is 286 g/mol. The quantitative estimate of drug-likeness (QED) is 0.813. The van der Waals surface area contributed by atoms with Gasteiger partial charge in [0.05, 0.1) is 0 Å². The van der Waals surface area contributed by atoms with Crippen LogP contribution in [0.2, 0.25) is 0 Å². The molecule has 0 radical (unpaired) electrons. The van der Waals surface area contributed by atoms with Gasteiger partial charge >= 0.3 is 0 Å². The Morgan fingerprint density at radius 3 is 1.36 bits per heavy atom. The standard InChI is InChI=1S/C20H14O2/c21-19(13-11-17-7-3-1-4-8-17)15-16-20(22)14-12-18-9-5-2-6-10-18/h1-10H,15-16H2. The molecule has 0 heterocycles. The largest absolute Gasteiger partial charge is 0.285 e. The third-order valence-electron chi connectivity index (χ3n) is 2.82. The number of benzene rings is 2. The first-order valence-electron chi connectivity index (χ1n) is 6.94. The Kier molecular flexibility index (Phi) is 5.73. The van der Waals surface area contributed by atoms with E-state index in [-0.39, 0.29) is 24.4 Å². The summed E-state index contributed by atoms with van der Waals surface area (Å²) >= 11 is 0. The highest BCUT2D eigenvalue weighted by Gasteiger charge is 2.02. The van der Waals surface area contributed by atoms with Gasteiger partial charge in [0.2, 0.25) is 11.6 Å². The van der Waals surface area contributed by atoms with Crippen molar-refractivity contribution in [2.75, 3.05) is 0 Å². The van der Waals surface area contributed by atoms with Crippen molar-refractivity contribution in [3.63, 3.8) is 0 Å². The summed E-state index contributed by atoms with van der Waals surface area (Å²) in [7, 11) is 0. The summed E-state index contributed by atoms with van der Waals surface area (Å²) in [4.78, 5) is 23.2. The molecule has 0 bridgehead atoms. The molecule has 2 aromatic carbocycles. The van der Waals surface area contributed by atoms with Gasteiger partial charge in [-0.3, -0.25) is 9.59 Å². The third kappa shape index (κ3) is 5.49. The van der Waals surface area contributed by atoms with E-state index in [9.17, 15) is 9.59 Å². The molecule has 2 aromatic rings. The lowest BCUT2D eigenvalue weighted by atomic mass is 10.1. The van der Waals surface area contributed by atoms with E-state index < -0.39 is 0 Å². The molecule has 0 saturated heterocycles. The van der Waals surface area contributed by atoms with Crippen molar-refractivity contribution < 1.29 is 9.59 Å². The van der Waals surface area contributed by atoms with Gasteiger partial charge in [-0.2, -0.15) is 0 Å². The highest BCUT2D eigenvalue weighted by atomic mass is 16.1. The third-order valence-corrected chi connectivity index (χ3v) is 2.82. The Morgan fingerprint density at radius 1 is 0.636 bits per heavy atom. The molecule has 22 heavy (non-hydrogen) atoms. The van der Waals surface area contributed by atoms with E-state index in [1.807, 2.05) is 60.7 Å². The molecule has 0 aliphatic carbocycles. The van der Waals surface area contributed by atoms with Crippen molar-refractivity contribution in [1.82, 2.24) is 0 Å². The number of rotatable bonds is 3. The van der Waals surface area contributed by atoms with Crippen molar-refractivity contribution in [2.45, 2.75) is 12.8 Å². The van der Waals surface area contributed by atoms with Crippen LogP contribution in [0.1, 0.15) is 24.0 Å². The second kappa shape index (κ2) is 8.25. The SMILES string of the molecule is O=C(C#Cc1ccccc1)CCC(=O)C#Cc1ccccc1. The van der Waals surface area contributed by atoms with E-state index in [0.29, 0.717) is 0 Å². The predicted octanol–water partition coefficient (Wildman–Crippen LogP) is 3.01. The summed E-state index contributed by atoms with van der Waals surface area (Å²) in [6, 6.07) is 18.5. The van der Waals surface area contributed by atoms with Gasteiger partial charge in [0, 0.05) is 24.0 Å². The average molecular weight is 286 g/mol. The highest BCUT2D eigenvalue weighted by molar-refractivity contribution is 6.02. The first-order valence-corrected chi connectivity index (χ1v) is 6.94. The van der Waals surface area contributed by atoms with E-state index in [0.717, 1.165) is 11.1 Å². The first kappa shape index (κ1) is 15.3. The van der Waals surface area contributed by atoms with Gasteiger partial charge in [0.25, 0.3) is 0 Å². The first-order chi connectivity index (χ1) is 10.7. The fourth-order valence-electron chi connectivity index (χ4n) is 1.68. The number of hydrogen-bond acceptors (Lipinski definition) is 2. The van der Waals surface area contributed by atoms with Crippen LogP contribution in [0.5, 0.6) is 0 Å². The zero-order chi connectivity index (χ0) is 15.6. The molecule has 2 heteroatoms. The summed E-state index contributed by atoms with van der Waals surface area (Å²) in [5, 5.41) is 0. The molecule has 0 aliphatic rings. The maximum atomic E-state index is 11.6. The van der Waals surface area contributed by atoms with Crippen LogP contribution in [0, 0.1) is 23.7 Å². The van der Waals surface area contributed by atoms with Crippen LogP contribution in [-0.2, 0) is 9.59 Å². The average Bonchev–Trinajstić information content (AvgIpc) is 2.58. The second-order valence-electron chi connectivity index (χ2n) is 4.58. The van der Waals surface area contributed by atoms with E-state index >= 15 is 0 Å². The van der Waals surface area contributed by atoms with Gasteiger partial charge < -0.3 is 0 Å². The number of carbonyl (C=O) groups excluding carboxylic acids is 2. The van der Waals surface area contributed by atoms with Gasteiger partial charge in [-0.05, 0) is 36.1 Å². The molecule has 2 nitrogen and oxygen atoms in total. The van der Waals surface area contributed by atoms with E-state index in [1.54, 1.807) is 0 Å². The van der Waals surface area contributed by atoms with Crippen LogP contribution in [0.25, 0.3) is 0 Å². The molecular formula is C20H14O2. The molecular weight excluding hydrogens is 272 g/mol. The molecule has 0 N–H and O–H groups in total. The predicted molar refractivity (Wildman–Crippen MR) is 85.9 cm³/mol.